The molecule has 1 aliphatic carbocycles. The predicted molar refractivity (Wildman–Crippen MR) is 61.4 cm³/mol. The molecule has 0 radical (unpaired) electrons. The Bertz CT molecular complexity index is 203. The maximum Gasteiger partial charge on any atom is 0.241 e. The van der Waals surface area contributed by atoms with Crippen LogP contribution in [-0.2, 0) is 16.3 Å². The summed E-state index contributed by atoms with van der Waals surface area (Å²) in [7, 11) is 0. The van der Waals surface area contributed by atoms with Crippen LogP contribution in [0.2, 0.25) is 0 Å². The highest BCUT2D eigenvalue weighted by Crippen LogP contribution is 2.50. The molecule has 0 aromatic heterocycles. The zero-order valence-electron chi connectivity index (χ0n) is 7.43. The minimum atomic E-state index is -2.84. The number of rotatable bonds is 4. The van der Waals surface area contributed by atoms with Crippen LogP contribution in [0.1, 0.15) is 25.7 Å². The average molecular weight is 241 g/mol. The van der Waals surface area contributed by atoms with Crippen LogP contribution in [0.5, 0.6) is 0 Å². The zero-order valence-corrected chi connectivity index (χ0v) is 10.0. The van der Waals surface area contributed by atoms with Gasteiger partial charge in [-0.3, -0.25) is 0 Å². The van der Waals surface area contributed by atoms with Crippen LogP contribution in [0.15, 0.2) is 0 Å². The van der Waals surface area contributed by atoms with Crippen LogP contribution in [0, 0.1) is 5.92 Å². The molecule has 1 saturated carbocycles. The normalized spacial score (nSPS) is 25.8. The molecule has 0 aliphatic heterocycles. The van der Waals surface area contributed by atoms with Crippen molar-refractivity contribution < 1.29 is 9.42 Å². The Labute approximate surface area is 89.4 Å². The van der Waals surface area contributed by atoms with Crippen molar-refractivity contribution in [3.63, 3.8) is 0 Å². The number of hydrogen-bond acceptors (Lipinski definition) is 3. The maximum atomic E-state index is 9.29. The summed E-state index contributed by atoms with van der Waals surface area (Å²) in [6.07, 6.45) is 4.61. The molecule has 1 aliphatic rings. The van der Waals surface area contributed by atoms with E-state index in [0.29, 0.717) is 12.5 Å². The molecular weight excluding hydrogens is 225 g/mol. The summed E-state index contributed by atoms with van der Waals surface area (Å²) in [5, 5.41) is 0. The van der Waals surface area contributed by atoms with Crippen molar-refractivity contribution in [2.24, 2.45) is 11.7 Å². The first-order chi connectivity index (χ1) is 6.03. The molecule has 1 fully saturated rings. The van der Waals surface area contributed by atoms with Gasteiger partial charge in [0.05, 0.1) is 6.10 Å². The molecule has 6 heteroatoms. The topological polar surface area (TPSA) is 55.5 Å². The van der Waals surface area contributed by atoms with E-state index in [-0.39, 0.29) is 6.10 Å². The summed E-state index contributed by atoms with van der Waals surface area (Å²) in [6.45, 7) is 0.421. The monoisotopic (exact) mass is 241 g/mol. The summed E-state index contributed by atoms with van der Waals surface area (Å²) in [5.41, 5.74) is 2.72. The van der Waals surface area contributed by atoms with E-state index in [1.165, 1.54) is 12.8 Å². The van der Waals surface area contributed by atoms with Crippen molar-refractivity contribution in [2.75, 3.05) is 6.54 Å². The van der Waals surface area contributed by atoms with Crippen LogP contribution in [0.25, 0.3) is 0 Å². The molecule has 0 aromatic carbocycles. The van der Waals surface area contributed by atoms with Crippen LogP contribution in [0.3, 0.4) is 0 Å². The van der Waals surface area contributed by atoms with Crippen LogP contribution < -0.4 is 5.73 Å². The fourth-order valence-electron chi connectivity index (χ4n) is 1.83. The molecule has 2 unspecified atom stereocenters. The van der Waals surface area contributed by atoms with Gasteiger partial charge in [0.25, 0.3) is 0 Å². The Morgan fingerprint density at radius 3 is 2.54 bits per heavy atom. The summed E-state index contributed by atoms with van der Waals surface area (Å²) in [4.78, 5) is 9.29. The third-order valence-corrected chi connectivity index (χ3v) is 3.52. The Morgan fingerprint density at radius 1 is 1.62 bits per heavy atom. The second-order valence-corrected chi connectivity index (χ2v) is 8.53. The van der Waals surface area contributed by atoms with Crippen molar-refractivity contribution in [1.82, 2.24) is 0 Å². The highest BCUT2D eigenvalue weighted by Gasteiger charge is 2.27. The molecule has 3 nitrogen and oxygen atoms in total. The van der Waals surface area contributed by atoms with Gasteiger partial charge in [-0.1, -0.05) is 25.1 Å². The molecule has 0 saturated heterocycles. The van der Waals surface area contributed by atoms with Crippen molar-refractivity contribution >= 4 is 29.7 Å². The second-order valence-electron chi connectivity index (χ2n) is 3.41. The minimum absolute atomic E-state index is 0.101. The highest BCUT2D eigenvalue weighted by molar-refractivity contribution is 8.59. The number of nitrogens with two attached hydrogens (primary N) is 1. The average Bonchev–Trinajstić information content (AvgIpc) is 2.50. The molecular formula is C7H16NO2PS2. The van der Waals surface area contributed by atoms with Crippen LogP contribution in [-0.4, -0.2) is 17.5 Å². The van der Waals surface area contributed by atoms with E-state index >= 15 is 0 Å². The van der Waals surface area contributed by atoms with Gasteiger partial charge in [-0.2, -0.15) is 0 Å². The Kier molecular flexibility index (Phi) is 4.69. The molecule has 2 atom stereocenters. The first-order valence-corrected chi connectivity index (χ1v) is 8.29. The first-order valence-electron chi connectivity index (χ1n) is 4.47. The van der Waals surface area contributed by atoms with Gasteiger partial charge in [0.2, 0.25) is 5.69 Å². The number of thiol groups is 1. The number of hydrogen-bond donors (Lipinski definition) is 3. The molecule has 1 rings (SSSR count). The molecule has 0 spiro atoms. The minimum Gasteiger partial charge on any atom is -0.338 e. The maximum absolute atomic E-state index is 9.29. The van der Waals surface area contributed by atoms with Crippen molar-refractivity contribution in [1.29, 1.82) is 0 Å². The van der Waals surface area contributed by atoms with E-state index in [1.54, 1.807) is 0 Å². The van der Waals surface area contributed by atoms with Gasteiger partial charge in [-0.15, -0.1) is 0 Å². The fourth-order valence-corrected chi connectivity index (χ4v) is 3.13. The molecule has 3 N–H and O–H groups in total. The smallest absolute Gasteiger partial charge is 0.241 e. The lowest BCUT2D eigenvalue weighted by Crippen LogP contribution is -2.29. The van der Waals surface area contributed by atoms with E-state index in [1.807, 2.05) is 0 Å². The van der Waals surface area contributed by atoms with Crippen LogP contribution >= 0.6 is 17.9 Å². The van der Waals surface area contributed by atoms with Gasteiger partial charge in [0.15, 0.2) is 0 Å². The molecule has 0 heterocycles. The standard InChI is InChI=1S/C7H16NO2PS2/c8-5-7(10-11(9,12)13)6-3-1-2-4-6/h6-7H,1-5,8H2,(H2,9,12,13). The Hall–Kier alpha value is 0.880. The lowest BCUT2D eigenvalue weighted by molar-refractivity contribution is 0.149. The lowest BCUT2D eigenvalue weighted by atomic mass is 10.0. The summed E-state index contributed by atoms with van der Waals surface area (Å²) in [5.74, 6) is 0.464. The van der Waals surface area contributed by atoms with Crippen molar-refractivity contribution in [3.05, 3.63) is 0 Å². The van der Waals surface area contributed by atoms with Gasteiger partial charge >= 0.3 is 0 Å². The third kappa shape index (κ3) is 4.28. The van der Waals surface area contributed by atoms with Gasteiger partial charge in [-0.05, 0) is 30.6 Å². The fraction of sp³-hybridized carbons (Fsp3) is 1.00. The van der Waals surface area contributed by atoms with E-state index in [2.05, 4.69) is 12.2 Å². The zero-order chi connectivity index (χ0) is 9.90. The van der Waals surface area contributed by atoms with E-state index in [0.717, 1.165) is 12.8 Å². The van der Waals surface area contributed by atoms with Gasteiger partial charge in [-0.25, -0.2) is 0 Å². The van der Waals surface area contributed by atoms with E-state index in [4.69, 9.17) is 22.1 Å². The second kappa shape index (κ2) is 5.10. The van der Waals surface area contributed by atoms with Gasteiger partial charge in [0.1, 0.15) is 0 Å². The molecule has 13 heavy (non-hydrogen) atoms. The van der Waals surface area contributed by atoms with Gasteiger partial charge in [0, 0.05) is 6.54 Å². The molecule has 0 bridgehead atoms. The largest absolute Gasteiger partial charge is 0.338 e. The Morgan fingerprint density at radius 2 is 2.15 bits per heavy atom. The quantitative estimate of drug-likeness (QED) is 0.517. The first kappa shape index (κ1) is 12.0. The summed E-state index contributed by atoms with van der Waals surface area (Å²) >= 11 is 8.56. The lowest BCUT2D eigenvalue weighted by Gasteiger charge is -2.24. The highest BCUT2D eigenvalue weighted by atomic mass is 32.9. The third-order valence-electron chi connectivity index (χ3n) is 2.43. The van der Waals surface area contributed by atoms with Crippen molar-refractivity contribution in [3.8, 4) is 0 Å². The molecule has 0 aromatic rings. The van der Waals surface area contributed by atoms with E-state index < -0.39 is 5.69 Å². The van der Waals surface area contributed by atoms with Crippen molar-refractivity contribution in [2.45, 2.75) is 31.8 Å². The SMILES string of the molecule is NCC(OP(O)(=S)S)C1CCCC1. The molecule has 78 valence electrons. The van der Waals surface area contributed by atoms with Crippen LogP contribution in [0.4, 0.5) is 0 Å². The van der Waals surface area contributed by atoms with Gasteiger partial charge < -0.3 is 15.2 Å². The Balaban J connectivity index is 2.46. The summed E-state index contributed by atoms with van der Waals surface area (Å²) < 4.78 is 5.29. The summed E-state index contributed by atoms with van der Waals surface area (Å²) in [6, 6.07) is 0. The molecule has 0 amide bonds. The predicted octanol–water partition coefficient (Wildman–Crippen LogP) is 1.67. The van der Waals surface area contributed by atoms with E-state index in [9.17, 15) is 4.89 Å².